The highest BCUT2D eigenvalue weighted by molar-refractivity contribution is 5.76. The lowest BCUT2D eigenvalue weighted by Gasteiger charge is -2.48. The van der Waals surface area contributed by atoms with E-state index in [0.29, 0.717) is 12.8 Å². The Morgan fingerprint density at radius 2 is 0.617 bits per heavy atom. The Morgan fingerprint density at radius 1 is 0.336 bits per heavy atom. The van der Waals surface area contributed by atoms with E-state index in [4.69, 9.17) is 28.4 Å². The number of aliphatic hydroxyl groups excluding tert-OH is 11. The molecule has 19 heteroatoms. The van der Waals surface area contributed by atoms with E-state index in [1.54, 1.807) is 0 Å². The average Bonchev–Trinajstić information content (AvgIpc) is 0.781. The summed E-state index contributed by atoms with van der Waals surface area (Å²) < 4.78 is 34.6. The van der Waals surface area contributed by atoms with Crippen molar-refractivity contribution in [1.29, 1.82) is 0 Å². The smallest absolute Gasteiger partial charge is 0.220 e. The van der Waals surface area contributed by atoms with Crippen LogP contribution in [0.3, 0.4) is 0 Å². The van der Waals surface area contributed by atoms with Gasteiger partial charge in [0.05, 0.1) is 38.6 Å². The van der Waals surface area contributed by atoms with Gasteiger partial charge in [-0.15, -0.1) is 0 Å². The fourth-order valence-electron chi connectivity index (χ4n) is 15.3. The largest absolute Gasteiger partial charge is 0.394 e. The minimum atomic E-state index is -1.97. The first-order chi connectivity index (χ1) is 52.3. The summed E-state index contributed by atoms with van der Waals surface area (Å²) in [6.07, 6.45) is 59.6. The maximum absolute atomic E-state index is 13.5. The molecule has 3 aliphatic rings. The maximum Gasteiger partial charge on any atom is 0.220 e. The molecule has 0 saturated carbocycles. The topological polar surface area (TPSA) is 307 Å². The lowest BCUT2D eigenvalue weighted by atomic mass is 9.96. The van der Waals surface area contributed by atoms with Crippen LogP contribution in [0.5, 0.6) is 0 Å². The Hall–Kier alpha value is -1.99. The van der Waals surface area contributed by atoms with Gasteiger partial charge in [0.25, 0.3) is 0 Å². The van der Waals surface area contributed by atoms with Crippen molar-refractivity contribution in [2.45, 2.75) is 491 Å². The predicted octanol–water partition coefficient (Wildman–Crippen LogP) is 16.6. The molecule has 3 heterocycles. The van der Waals surface area contributed by atoms with Crippen LogP contribution in [0.2, 0.25) is 0 Å². The summed E-state index contributed by atoms with van der Waals surface area (Å²) in [5.41, 5.74) is 0. The normalized spacial score (nSPS) is 25.6. The van der Waals surface area contributed by atoms with Crippen LogP contribution in [0.4, 0.5) is 0 Å². The molecule has 0 bridgehead atoms. The quantitative estimate of drug-likeness (QED) is 0.0199. The van der Waals surface area contributed by atoms with E-state index in [1.165, 1.54) is 295 Å². The molecule has 3 rings (SSSR count). The van der Waals surface area contributed by atoms with Crippen LogP contribution < -0.4 is 5.32 Å². The van der Waals surface area contributed by atoms with Gasteiger partial charge in [-0.05, 0) is 51.4 Å². The zero-order valence-corrected chi connectivity index (χ0v) is 67.9. The Morgan fingerprint density at radius 3 is 0.963 bits per heavy atom. The summed E-state index contributed by atoms with van der Waals surface area (Å²) in [6, 6.07) is -0.888. The number of hydrogen-bond donors (Lipinski definition) is 12. The number of allylic oxidation sites excluding steroid dienone is 6. The van der Waals surface area contributed by atoms with Crippen molar-refractivity contribution in [3.63, 3.8) is 0 Å². The summed E-state index contributed by atoms with van der Waals surface area (Å²) in [5.74, 6) is -0.235. The van der Waals surface area contributed by atoms with Crippen molar-refractivity contribution in [3.05, 3.63) is 36.5 Å². The maximum atomic E-state index is 13.5. The van der Waals surface area contributed by atoms with Crippen LogP contribution in [0.1, 0.15) is 386 Å². The van der Waals surface area contributed by atoms with Crippen molar-refractivity contribution >= 4 is 5.91 Å². The zero-order chi connectivity index (χ0) is 77.4. The van der Waals surface area contributed by atoms with Crippen molar-refractivity contribution in [1.82, 2.24) is 5.32 Å². The molecule has 0 aromatic rings. The molecule has 1 amide bonds. The summed E-state index contributed by atoms with van der Waals surface area (Å²) >= 11 is 0. The number of unbranched alkanes of at least 4 members (excludes halogenated alkanes) is 51. The predicted molar refractivity (Wildman–Crippen MR) is 429 cm³/mol. The van der Waals surface area contributed by atoms with Gasteiger partial charge in [0.1, 0.15) is 73.2 Å². The van der Waals surface area contributed by atoms with E-state index in [2.05, 4.69) is 55.6 Å². The van der Waals surface area contributed by atoms with E-state index in [-0.39, 0.29) is 18.9 Å². The van der Waals surface area contributed by atoms with Crippen LogP contribution in [-0.4, -0.2) is 193 Å². The van der Waals surface area contributed by atoms with Crippen LogP contribution in [0, 0.1) is 0 Å². The first-order valence-corrected chi connectivity index (χ1v) is 44.7. The molecule has 17 atom stereocenters. The molecular weight excluding hydrogens is 1360 g/mol. The standard InChI is InChI=1S/C88H165NO18/c1-3-5-7-9-11-13-15-17-19-21-23-25-27-29-31-32-33-34-35-36-37-38-40-42-44-46-48-50-52-54-56-58-60-62-64-66-76(94)89-71(72(93)65-63-61-59-57-55-53-51-49-47-45-43-41-39-30-28-26-24-22-20-18-16-14-12-10-8-6-4-2)70-102-86-82(100)79(97)84(74(68-91)104-86)107-88-83(101)80(98)85(75(69-92)105-88)106-87-81(99)78(96)77(95)73(67-90)103-87/h15,17,21,23,27,29,71-75,77-88,90-93,95-101H,3-14,16,18-20,22,24-26,28,30-70H2,1-2H3,(H,89,94)/b17-15-,23-21-,29-27-. The van der Waals surface area contributed by atoms with E-state index >= 15 is 0 Å². The van der Waals surface area contributed by atoms with Crippen molar-refractivity contribution in [2.24, 2.45) is 0 Å². The van der Waals surface area contributed by atoms with Gasteiger partial charge in [-0.25, -0.2) is 0 Å². The highest BCUT2D eigenvalue weighted by atomic mass is 16.8. The number of rotatable bonds is 73. The molecule has 3 fully saturated rings. The van der Waals surface area contributed by atoms with Crippen LogP contribution in [0.25, 0.3) is 0 Å². The number of carbonyl (C=O) groups is 1. The van der Waals surface area contributed by atoms with E-state index < -0.39 is 124 Å². The molecule has 107 heavy (non-hydrogen) atoms. The minimum absolute atomic E-state index is 0.235. The third-order valence-corrected chi connectivity index (χ3v) is 22.5. The summed E-state index contributed by atoms with van der Waals surface area (Å²) in [4.78, 5) is 13.5. The molecule has 17 unspecified atom stereocenters. The second-order valence-corrected chi connectivity index (χ2v) is 32.1. The Balaban J connectivity index is 1.32. The van der Waals surface area contributed by atoms with Crippen LogP contribution in [-0.2, 0) is 33.2 Å². The monoisotopic (exact) mass is 1520 g/mol. The lowest BCUT2D eigenvalue weighted by Crippen LogP contribution is -2.66. The highest BCUT2D eigenvalue weighted by Gasteiger charge is 2.54. The lowest BCUT2D eigenvalue weighted by molar-refractivity contribution is -0.379. The van der Waals surface area contributed by atoms with Crippen LogP contribution >= 0.6 is 0 Å². The second-order valence-electron chi connectivity index (χ2n) is 32.1. The second kappa shape index (κ2) is 68.4. The summed E-state index contributed by atoms with van der Waals surface area (Å²) in [6.45, 7) is 1.86. The molecule has 19 nitrogen and oxygen atoms in total. The molecule has 0 aromatic carbocycles. The Bertz CT molecular complexity index is 2070. The van der Waals surface area contributed by atoms with E-state index in [9.17, 15) is 61.0 Å². The van der Waals surface area contributed by atoms with Crippen molar-refractivity contribution < 1.29 is 89.4 Å². The molecule has 3 aliphatic heterocycles. The Kier molecular flexibility index (Phi) is 63.4. The fraction of sp³-hybridized carbons (Fsp3) is 0.920. The number of ether oxygens (including phenoxy) is 6. The number of nitrogens with one attached hydrogen (secondary N) is 1. The summed E-state index contributed by atoms with van der Waals surface area (Å²) in [5, 5.41) is 121. The first-order valence-electron chi connectivity index (χ1n) is 44.7. The third kappa shape index (κ3) is 47.5. The molecule has 3 saturated heterocycles. The van der Waals surface area contributed by atoms with Gasteiger partial charge in [-0.3, -0.25) is 4.79 Å². The molecule has 0 aromatic heterocycles. The zero-order valence-electron chi connectivity index (χ0n) is 67.9. The van der Waals surface area contributed by atoms with Gasteiger partial charge in [-0.1, -0.05) is 365 Å². The van der Waals surface area contributed by atoms with Crippen LogP contribution in [0.15, 0.2) is 36.5 Å². The molecule has 0 spiro atoms. The molecular formula is C88H165NO18. The highest BCUT2D eigenvalue weighted by Crippen LogP contribution is 2.34. The first kappa shape index (κ1) is 99.2. The number of hydrogen-bond acceptors (Lipinski definition) is 18. The SMILES string of the molecule is CCCCCCC/C=C\C/C=C\C/C=C\CCCCCCCCCCCCCCCCCCCCCCC(=O)NC(COC1OC(CO)C(OC2OC(CO)C(OC3OC(CO)C(O)C(O)C3O)C(O)C2O)C(O)C1O)C(O)CCCCCCCCCCCCCCCCCCCCCCCCCCCCC. The fourth-order valence-corrected chi connectivity index (χ4v) is 15.3. The average molecular weight is 1530 g/mol. The summed E-state index contributed by atoms with van der Waals surface area (Å²) in [7, 11) is 0. The van der Waals surface area contributed by atoms with Gasteiger partial charge >= 0.3 is 0 Å². The van der Waals surface area contributed by atoms with Gasteiger partial charge < -0.3 is 89.9 Å². The van der Waals surface area contributed by atoms with Gasteiger partial charge in [-0.2, -0.15) is 0 Å². The number of amides is 1. The minimum Gasteiger partial charge on any atom is -0.394 e. The molecule has 630 valence electrons. The molecule has 12 N–H and O–H groups in total. The van der Waals surface area contributed by atoms with Crippen molar-refractivity contribution in [3.8, 4) is 0 Å². The van der Waals surface area contributed by atoms with Gasteiger partial charge in [0.2, 0.25) is 5.91 Å². The van der Waals surface area contributed by atoms with E-state index in [1.807, 2.05) is 0 Å². The van der Waals surface area contributed by atoms with Crippen molar-refractivity contribution in [2.75, 3.05) is 26.4 Å². The van der Waals surface area contributed by atoms with Gasteiger partial charge in [0.15, 0.2) is 18.9 Å². The number of carbonyl (C=O) groups excluding carboxylic acids is 1. The molecule has 0 radical (unpaired) electrons. The van der Waals surface area contributed by atoms with Gasteiger partial charge in [0, 0.05) is 6.42 Å². The Labute approximate surface area is 651 Å². The number of aliphatic hydroxyl groups is 11. The third-order valence-electron chi connectivity index (χ3n) is 22.5. The van der Waals surface area contributed by atoms with E-state index in [0.717, 1.165) is 57.8 Å². The molecule has 0 aliphatic carbocycles.